The largest absolute Gasteiger partial charge is 0.274 e. The van der Waals surface area contributed by atoms with Crippen LogP contribution in [0.5, 0.6) is 0 Å². The van der Waals surface area contributed by atoms with E-state index in [1.54, 1.807) is 19.2 Å². The van der Waals surface area contributed by atoms with E-state index in [0.717, 1.165) is 17.3 Å². The van der Waals surface area contributed by atoms with Gasteiger partial charge in [0.25, 0.3) is 5.69 Å². The molecule has 0 spiro atoms. The summed E-state index contributed by atoms with van der Waals surface area (Å²) in [6, 6.07) is 3.68. The molecule has 17 heavy (non-hydrogen) atoms. The Bertz CT molecular complexity index is 574. The Labute approximate surface area is 99.2 Å². The smallest absolute Gasteiger partial charge is 0.262 e. The maximum absolute atomic E-state index is 10.9. The predicted octanol–water partition coefficient (Wildman–Crippen LogP) is 3.22. The van der Waals surface area contributed by atoms with Crippen LogP contribution in [-0.2, 0) is 0 Å². The van der Waals surface area contributed by atoms with Crippen LogP contribution in [0.1, 0.15) is 31.9 Å². The Kier molecular flexibility index (Phi) is 2.83. The number of hydrogen-bond donors (Lipinski definition) is 0. The lowest BCUT2D eigenvalue weighted by Gasteiger charge is -2.10. The van der Waals surface area contributed by atoms with Crippen molar-refractivity contribution >= 4 is 16.6 Å². The normalized spacial score (nSPS) is 12.9. The minimum Gasteiger partial charge on any atom is -0.262 e. The van der Waals surface area contributed by atoms with Crippen LogP contribution < -0.4 is 0 Å². The van der Waals surface area contributed by atoms with Crippen molar-refractivity contribution in [1.29, 1.82) is 0 Å². The minimum absolute atomic E-state index is 0.155. The average Bonchev–Trinajstić information content (AvgIpc) is 2.69. The Hall–Kier alpha value is -1.91. The second-order valence-electron chi connectivity index (χ2n) is 4.30. The molecule has 0 saturated carbocycles. The molecule has 2 aromatic rings. The maximum Gasteiger partial charge on any atom is 0.274 e. The fourth-order valence-electron chi connectivity index (χ4n) is 1.92. The summed E-state index contributed by atoms with van der Waals surface area (Å²) in [7, 11) is 0. The van der Waals surface area contributed by atoms with Gasteiger partial charge in [0.05, 0.1) is 16.6 Å². The van der Waals surface area contributed by atoms with E-state index in [4.69, 9.17) is 0 Å². The van der Waals surface area contributed by atoms with E-state index in [0.29, 0.717) is 5.56 Å². The summed E-state index contributed by atoms with van der Waals surface area (Å²) in [5, 5.41) is 16.2. The van der Waals surface area contributed by atoms with E-state index in [-0.39, 0.29) is 16.7 Å². The van der Waals surface area contributed by atoms with Gasteiger partial charge in [-0.3, -0.25) is 14.8 Å². The van der Waals surface area contributed by atoms with Gasteiger partial charge in [0.1, 0.15) is 0 Å². The molecule has 0 N–H and O–H groups in total. The van der Waals surface area contributed by atoms with Crippen LogP contribution in [-0.4, -0.2) is 14.7 Å². The molecule has 0 fully saturated rings. The van der Waals surface area contributed by atoms with Gasteiger partial charge >= 0.3 is 0 Å². The summed E-state index contributed by atoms with van der Waals surface area (Å²) in [4.78, 5) is 10.6. The van der Waals surface area contributed by atoms with Gasteiger partial charge < -0.3 is 0 Å². The van der Waals surface area contributed by atoms with Crippen molar-refractivity contribution in [2.45, 2.75) is 33.2 Å². The van der Waals surface area contributed by atoms with Gasteiger partial charge in [-0.05, 0) is 26.3 Å². The quantitative estimate of drug-likeness (QED) is 0.604. The number of benzene rings is 1. The van der Waals surface area contributed by atoms with E-state index >= 15 is 0 Å². The minimum atomic E-state index is -0.345. The Morgan fingerprint density at radius 3 is 2.82 bits per heavy atom. The maximum atomic E-state index is 10.9. The molecule has 0 amide bonds. The third kappa shape index (κ3) is 1.88. The van der Waals surface area contributed by atoms with Gasteiger partial charge in [-0.1, -0.05) is 6.92 Å². The van der Waals surface area contributed by atoms with Crippen molar-refractivity contribution in [2.75, 3.05) is 0 Å². The highest BCUT2D eigenvalue weighted by atomic mass is 16.6. The lowest BCUT2D eigenvalue weighted by Crippen LogP contribution is -2.05. The summed E-state index contributed by atoms with van der Waals surface area (Å²) in [6.07, 6.45) is 2.71. The highest BCUT2D eigenvalue weighted by Gasteiger charge is 2.16. The van der Waals surface area contributed by atoms with Crippen molar-refractivity contribution < 1.29 is 4.92 Å². The van der Waals surface area contributed by atoms with Crippen LogP contribution in [0.25, 0.3) is 10.9 Å². The molecule has 2 rings (SSSR count). The molecule has 0 bridgehead atoms. The second kappa shape index (κ2) is 4.16. The standard InChI is InChI=1S/C12H15N3O2/c1-4-9(3)14-12-6-11(15(16)17)8(2)5-10(12)7-13-14/h5-7,9H,4H2,1-3H3/t9-/m1/s1. The highest BCUT2D eigenvalue weighted by molar-refractivity contribution is 5.82. The molecule has 1 atom stereocenters. The molecule has 1 aromatic carbocycles. The third-order valence-corrected chi connectivity index (χ3v) is 3.12. The fourth-order valence-corrected chi connectivity index (χ4v) is 1.92. The third-order valence-electron chi connectivity index (χ3n) is 3.12. The number of nitro groups is 1. The SMILES string of the molecule is CC[C@@H](C)n1ncc2cc(C)c([N+](=O)[O-])cc21. The summed E-state index contributed by atoms with van der Waals surface area (Å²) in [5.74, 6) is 0. The Balaban J connectivity index is 2.67. The molecule has 0 radical (unpaired) electrons. The lowest BCUT2D eigenvalue weighted by atomic mass is 10.1. The van der Waals surface area contributed by atoms with Gasteiger partial charge in [-0.2, -0.15) is 5.10 Å². The van der Waals surface area contributed by atoms with Crippen LogP contribution >= 0.6 is 0 Å². The summed E-state index contributed by atoms with van der Waals surface area (Å²) >= 11 is 0. The van der Waals surface area contributed by atoms with E-state index in [2.05, 4.69) is 18.9 Å². The number of nitrogens with zero attached hydrogens (tertiary/aromatic N) is 3. The van der Waals surface area contributed by atoms with Crippen molar-refractivity contribution in [1.82, 2.24) is 9.78 Å². The van der Waals surface area contributed by atoms with Crippen molar-refractivity contribution in [3.63, 3.8) is 0 Å². The molecule has 5 nitrogen and oxygen atoms in total. The first kappa shape index (κ1) is 11.6. The van der Waals surface area contributed by atoms with Gasteiger partial charge in [-0.25, -0.2) is 0 Å². The molecule has 0 aliphatic heterocycles. The number of nitro benzene ring substituents is 1. The van der Waals surface area contributed by atoms with E-state index < -0.39 is 0 Å². The zero-order valence-corrected chi connectivity index (χ0v) is 10.2. The molecule has 0 saturated heterocycles. The molecular weight excluding hydrogens is 218 g/mol. The first-order valence-corrected chi connectivity index (χ1v) is 5.66. The average molecular weight is 233 g/mol. The van der Waals surface area contributed by atoms with Crippen molar-refractivity contribution in [2.24, 2.45) is 0 Å². The molecule has 5 heteroatoms. The van der Waals surface area contributed by atoms with E-state index in [9.17, 15) is 10.1 Å². The molecule has 0 aliphatic carbocycles. The molecule has 1 aromatic heterocycles. The topological polar surface area (TPSA) is 61.0 Å². The van der Waals surface area contributed by atoms with Crippen molar-refractivity contribution in [3.8, 4) is 0 Å². The molecule has 1 heterocycles. The first-order chi connectivity index (χ1) is 8.04. The first-order valence-electron chi connectivity index (χ1n) is 5.66. The van der Waals surface area contributed by atoms with Gasteiger partial charge in [0.2, 0.25) is 0 Å². The number of rotatable bonds is 3. The summed E-state index contributed by atoms with van der Waals surface area (Å²) in [6.45, 7) is 5.87. The Morgan fingerprint density at radius 2 is 2.24 bits per heavy atom. The second-order valence-corrected chi connectivity index (χ2v) is 4.30. The molecular formula is C12H15N3O2. The number of hydrogen-bond acceptors (Lipinski definition) is 3. The predicted molar refractivity (Wildman–Crippen MR) is 66.1 cm³/mol. The van der Waals surface area contributed by atoms with Crippen LogP contribution in [0.4, 0.5) is 5.69 Å². The lowest BCUT2D eigenvalue weighted by molar-refractivity contribution is -0.385. The van der Waals surface area contributed by atoms with Gasteiger partial charge in [-0.15, -0.1) is 0 Å². The highest BCUT2D eigenvalue weighted by Crippen LogP contribution is 2.27. The zero-order chi connectivity index (χ0) is 12.6. The molecule has 90 valence electrons. The number of aryl methyl sites for hydroxylation is 1. The number of fused-ring (bicyclic) bond motifs is 1. The monoisotopic (exact) mass is 233 g/mol. The molecule has 0 aliphatic rings. The van der Waals surface area contributed by atoms with Gasteiger partial charge in [0.15, 0.2) is 0 Å². The van der Waals surface area contributed by atoms with E-state index in [1.165, 1.54) is 0 Å². The van der Waals surface area contributed by atoms with Crippen LogP contribution in [0.3, 0.4) is 0 Å². The van der Waals surface area contributed by atoms with Crippen LogP contribution in [0.2, 0.25) is 0 Å². The van der Waals surface area contributed by atoms with Crippen LogP contribution in [0.15, 0.2) is 18.3 Å². The van der Waals surface area contributed by atoms with Crippen LogP contribution in [0, 0.1) is 17.0 Å². The van der Waals surface area contributed by atoms with Crippen molar-refractivity contribution in [3.05, 3.63) is 34.0 Å². The van der Waals surface area contributed by atoms with Gasteiger partial charge in [0, 0.05) is 23.1 Å². The van der Waals surface area contributed by atoms with E-state index in [1.807, 2.05) is 10.7 Å². The fraction of sp³-hybridized carbons (Fsp3) is 0.417. The Morgan fingerprint density at radius 1 is 1.53 bits per heavy atom. The summed E-state index contributed by atoms with van der Waals surface area (Å²) in [5.41, 5.74) is 1.66. The molecule has 0 unspecified atom stereocenters. The number of aromatic nitrogens is 2. The zero-order valence-electron chi connectivity index (χ0n) is 10.2. The summed E-state index contributed by atoms with van der Waals surface area (Å²) < 4.78 is 1.85.